The van der Waals surface area contributed by atoms with E-state index in [2.05, 4.69) is 101 Å². The van der Waals surface area contributed by atoms with E-state index in [9.17, 15) is 5.11 Å². The maximum absolute atomic E-state index is 15.1. The van der Waals surface area contributed by atoms with Crippen LogP contribution in [0.25, 0.3) is 6.08 Å². The van der Waals surface area contributed by atoms with Gasteiger partial charge < -0.3 is 9.84 Å². The van der Waals surface area contributed by atoms with E-state index in [-0.39, 0.29) is 29.5 Å². The monoisotopic (exact) mass is 675 g/mol. The van der Waals surface area contributed by atoms with Crippen LogP contribution in [0.15, 0.2) is 18.2 Å². The van der Waals surface area contributed by atoms with Gasteiger partial charge in [0, 0.05) is 22.3 Å². The third-order valence-electron chi connectivity index (χ3n) is 11.1. The highest BCUT2D eigenvalue weighted by Gasteiger charge is 2.34. The molecule has 2 aromatic carbocycles. The summed E-state index contributed by atoms with van der Waals surface area (Å²) in [6.45, 7) is 27.0. The Hall–Kier alpha value is -2.55. The van der Waals surface area contributed by atoms with Gasteiger partial charge in [-0.1, -0.05) is 134 Å². The van der Waals surface area contributed by atoms with Gasteiger partial charge in [0.25, 0.3) is 0 Å². The van der Waals surface area contributed by atoms with Gasteiger partial charge in [-0.2, -0.15) is 0 Å². The Kier molecular flexibility index (Phi) is 18.2. The van der Waals surface area contributed by atoms with Crippen molar-refractivity contribution in [1.29, 1.82) is 0 Å². The summed E-state index contributed by atoms with van der Waals surface area (Å²) in [6.07, 6.45) is 16.4. The largest absolute Gasteiger partial charge is 0.507 e. The van der Waals surface area contributed by atoms with Gasteiger partial charge in [-0.25, -0.2) is 0 Å². The molecule has 0 bridgehead atoms. The molecule has 0 heterocycles. The van der Waals surface area contributed by atoms with Gasteiger partial charge in [0.05, 0.1) is 7.11 Å². The lowest BCUT2D eigenvalue weighted by atomic mass is 9.72. The Morgan fingerprint density at radius 2 is 0.959 bits per heavy atom. The van der Waals surface area contributed by atoms with E-state index in [1.54, 1.807) is 7.11 Å². The Bertz CT molecular complexity index is 1300. The van der Waals surface area contributed by atoms with Crippen LogP contribution in [0.5, 0.6) is 11.5 Å². The summed E-state index contributed by atoms with van der Waals surface area (Å²) in [5.41, 5.74) is 8.68. The molecule has 0 aliphatic heterocycles. The van der Waals surface area contributed by atoms with Crippen LogP contribution in [-0.2, 0) is 0 Å². The SMILES string of the molecule is CCCC(C)c1cc(/C=C/C(=O)c2c(C(C)CCC)c(C(C)CCC)c(O)c(C(C)CCC)c2C(C)CCC)c(C(C)CCC)c(OC)c1. The van der Waals surface area contributed by atoms with Crippen LogP contribution >= 0.6 is 0 Å². The molecule has 6 atom stereocenters. The number of ketones is 1. The zero-order chi connectivity index (χ0) is 36.8. The van der Waals surface area contributed by atoms with E-state index >= 15 is 4.79 Å². The molecule has 49 heavy (non-hydrogen) atoms. The van der Waals surface area contributed by atoms with Crippen molar-refractivity contribution in [2.45, 2.75) is 196 Å². The van der Waals surface area contributed by atoms with Crippen LogP contribution in [0.1, 0.15) is 245 Å². The van der Waals surface area contributed by atoms with Crippen LogP contribution in [0.3, 0.4) is 0 Å². The van der Waals surface area contributed by atoms with Crippen molar-refractivity contribution in [3.8, 4) is 11.5 Å². The summed E-state index contributed by atoms with van der Waals surface area (Å²) in [4.78, 5) is 15.1. The molecule has 1 N–H and O–H groups in total. The molecule has 0 amide bonds. The quantitative estimate of drug-likeness (QED) is 0.0998. The van der Waals surface area contributed by atoms with Crippen molar-refractivity contribution in [3.63, 3.8) is 0 Å². The molecule has 0 radical (unpaired) electrons. The fourth-order valence-electron chi connectivity index (χ4n) is 8.63. The molecule has 0 aliphatic carbocycles. The lowest BCUT2D eigenvalue weighted by Crippen LogP contribution is -2.19. The Morgan fingerprint density at radius 1 is 0.592 bits per heavy atom. The lowest BCUT2D eigenvalue weighted by molar-refractivity contribution is 0.104. The predicted molar refractivity (Wildman–Crippen MR) is 214 cm³/mol. The van der Waals surface area contributed by atoms with Crippen molar-refractivity contribution < 1.29 is 14.6 Å². The second-order valence-corrected chi connectivity index (χ2v) is 15.4. The number of carbonyl (C=O) groups is 1. The number of ether oxygens (including phenoxy) is 1. The van der Waals surface area contributed by atoms with Crippen LogP contribution in [0.4, 0.5) is 0 Å². The van der Waals surface area contributed by atoms with Gasteiger partial charge in [0.2, 0.25) is 0 Å². The van der Waals surface area contributed by atoms with E-state index in [4.69, 9.17) is 4.74 Å². The smallest absolute Gasteiger partial charge is 0.186 e. The number of methoxy groups -OCH3 is 1. The van der Waals surface area contributed by atoms with Crippen LogP contribution < -0.4 is 4.74 Å². The first-order valence-electron chi connectivity index (χ1n) is 20.2. The summed E-state index contributed by atoms with van der Waals surface area (Å²) in [6, 6.07) is 4.55. The molecule has 2 rings (SSSR count). The van der Waals surface area contributed by atoms with Gasteiger partial charge in [-0.05, 0) is 108 Å². The Balaban J connectivity index is 3.12. The highest BCUT2D eigenvalue weighted by atomic mass is 16.5. The first-order valence-corrected chi connectivity index (χ1v) is 20.2. The fraction of sp³-hybridized carbons (Fsp3) is 0.674. The minimum absolute atomic E-state index is 0.0749. The topological polar surface area (TPSA) is 46.5 Å². The van der Waals surface area contributed by atoms with Crippen LogP contribution in [0.2, 0.25) is 0 Å². The molecule has 3 heteroatoms. The first-order chi connectivity index (χ1) is 23.4. The molecule has 0 aliphatic rings. The third-order valence-corrected chi connectivity index (χ3v) is 11.1. The Labute approximate surface area is 302 Å². The molecule has 276 valence electrons. The normalized spacial score (nSPS) is 15.6. The van der Waals surface area contributed by atoms with Gasteiger partial charge in [0.15, 0.2) is 5.78 Å². The van der Waals surface area contributed by atoms with Gasteiger partial charge in [-0.3, -0.25) is 4.79 Å². The van der Waals surface area contributed by atoms with E-state index in [0.29, 0.717) is 17.6 Å². The molecular formula is C46H74O3. The second kappa shape index (κ2) is 21.0. The number of hydrogen-bond acceptors (Lipinski definition) is 3. The molecule has 0 aromatic heterocycles. The highest BCUT2D eigenvalue weighted by molar-refractivity contribution is 6.10. The number of hydrogen-bond donors (Lipinski definition) is 1. The van der Waals surface area contributed by atoms with E-state index in [0.717, 1.165) is 116 Å². The van der Waals surface area contributed by atoms with Crippen molar-refractivity contribution in [2.75, 3.05) is 7.11 Å². The number of benzene rings is 2. The molecule has 0 saturated heterocycles. The summed E-state index contributed by atoms with van der Waals surface area (Å²) in [5, 5.41) is 12.4. The average Bonchev–Trinajstić information content (AvgIpc) is 3.06. The number of allylic oxidation sites excluding steroid dienone is 1. The van der Waals surface area contributed by atoms with Crippen molar-refractivity contribution in [2.24, 2.45) is 0 Å². The first kappa shape index (κ1) is 42.6. The average molecular weight is 675 g/mol. The third kappa shape index (κ3) is 10.5. The lowest BCUT2D eigenvalue weighted by Gasteiger charge is -2.33. The molecule has 0 saturated carbocycles. The molecule has 2 aromatic rings. The van der Waals surface area contributed by atoms with Gasteiger partial charge >= 0.3 is 0 Å². The number of carbonyl (C=O) groups excluding carboxylic acids is 1. The van der Waals surface area contributed by atoms with E-state index < -0.39 is 0 Å². The molecule has 0 spiro atoms. The number of aromatic hydroxyl groups is 1. The highest BCUT2D eigenvalue weighted by Crippen LogP contribution is 2.49. The minimum Gasteiger partial charge on any atom is -0.507 e. The van der Waals surface area contributed by atoms with Gasteiger partial charge in [0.1, 0.15) is 11.5 Å². The maximum atomic E-state index is 15.1. The van der Waals surface area contributed by atoms with E-state index in [1.165, 1.54) is 11.1 Å². The molecule has 3 nitrogen and oxygen atoms in total. The van der Waals surface area contributed by atoms with Gasteiger partial charge in [-0.15, -0.1) is 0 Å². The predicted octanol–water partition coefficient (Wildman–Crippen LogP) is 14.7. The summed E-state index contributed by atoms with van der Waals surface area (Å²) in [7, 11) is 1.78. The fourth-order valence-corrected chi connectivity index (χ4v) is 8.63. The number of rotatable bonds is 22. The van der Waals surface area contributed by atoms with Crippen LogP contribution in [-0.4, -0.2) is 18.0 Å². The summed E-state index contributed by atoms with van der Waals surface area (Å²) < 4.78 is 6.07. The molecule has 6 unspecified atom stereocenters. The zero-order valence-electron chi connectivity index (χ0n) is 34.0. The van der Waals surface area contributed by atoms with Crippen molar-refractivity contribution in [3.05, 3.63) is 62.7 Å². The van der Waals surface area contributed by atoms with Crippen molar-refractivity contribution in [1.82, 2.24) is 0 Å². The van der Waals surface area contributed by atoms with Crippen LogP contribution in [0, 0.1) is 0 Å². The van der Waals surface area contributed by atoms with E-state index in [1.807, 2.05) is 6.08 Å². The molecule has 0 fully saturated rings. The standard InChI is InChI=1S/C46H74O3/c1-14-20-30(7)37-28-36(40(31(8)21-15-2)39(29-37)49-13)26-27-38(47)45-41(32(9)22-16-3)43(34(11)24-18-5)46(48)44(35(12)25-19-6)42(45)33(10)23-17-4/h26-35,48H,14-25H2,1-13H3/b27-26+. The molecular weight excluding hydrogens is 601 g/mol. The maximum Gasteiger partial charge on any atom is 0.186 e. The summed E-state index contributed by atoms with van der Waals surface area (Å²) >= 11 is 0. The zero-order valence-corrected chi connectivity index (χ0v) is 34.0. The van der Waals surface area contributed by atoms with Crippen molar-refractivity contribution >= 4 is 11.9 Å². The summed E-state index contributed by atoms with van der Waals surface area (Å²) in [5.74, 6) is 2.85. The second-order valence-electron chi connectivity index (χ2n) is 15.4. The number of phenolic OH excluding ortho intramolecular Hbond substituents is 1. The number of phenols is 1. The minimum atomic E-state index is 0.0749. The Morgan fingerprint density at radius 3 is 1.35 bits per heavy atom.